The zero-order valence-corrected chi connectivity index (χ0v) is 73.7. The number of allylic oxidation sites excluding steroid dienone is 6. The number of rotatable bonds is 37. The van der Waals surface area contributed by atoms with Crippen molar-refractivity contribution in [3.63, 3.8) is 0 Å². The molecule has 2 saturated heterocycles. The van der Waals surface area contributed by atoms with Crippen molar-refractivity contribution < 1.29 is 115 Å². The van der Waals surface area contributed by atoms with Crippen molar-refractivity contribution in [3.8, 4) is 11.8 Å². The lowest BCUT2D eigenvalue weighted by Gasteiger charge is -2.42. The molecule has 4 aliphatic heterocycles. The Labute approximate surface area is 721 Å². The number of carbonyl (C=O) groups is 10. The van der Waals surface area contributed by atoms with Crippen molar-refractivity contribution in [2.24, 2.45) is 35.5 Å². The molecule has 670 valence electrons. The third-order valence-electron chi connectivity index (χ3n) is 22.4. The van der Waals surface area contributed by atoms with Crippen LogP contribution in [0.2, 0.25) is 0 Å². The third kappa shape index (κ3) is 33.7. The number of aliphatic hydroxyl groups excluding tert-OH is 1. The summed E-state index contributed by atoms with van der Waals surface area (Å²) in [6, 6.07) is 14.1. The number of piperidine rings is 1. The van der Waals surface area contributed by atoms with Crippen LogP contribution in [0.1, 0.15) is 161 Å². The Morgan fingerprint density at radius 2 is 1.32 bits per heavy atom. The maximum Gasteiger partial charge on any atom is 0.407 e. The standard InChI is InChI=1S/C90H129N5O24S2/c1-60-20-12-11-13-21-61(2)76(108-8)56-71-31-27-66(7)90(107,119-71)86(103)87(104)94-39-19-18-26-73(94)88(105)118-77(57-74(96)62(3)53-65(6)84(102)85(110-10)83(101)64(5)52-60)63(4)54-67-28-32-75(78(55-67)109-9)117-82(100)34-33-79(97)92-37-50-120-121-51-38-93-89(106)116-49-48-114-45-44-112-41-40-111-42-43-113-46-47-115-59-80(98)91-36-35-81(99)95-58-70-24-15-14-22-68(70)29-30-69-23-16-17-25-72(69)95/h11-17,20-25,53,60,62-64,66-67,71,73,75-78,84-85,102,107H,18-19,26-28,31-52,54-59H2,1-10H3,(H,91,98)(H,92,97)(H,93,106)/b13-11?,20-12+,61-21?,65-53+/t60-,62-,63-,64-,66-,67+,71+,73+,75-,76+,77+,78-,84-,85+,90-/m1/s1. The summed E-state index contributed by atoms with van der Waals surface area (Å²) in [6.07, 6.45) is 8.84. The number of carbonyl (C=O) groups excluding carboxylic acids is 10. The Hall–Kier alpha value is -7.68. The topological polar surface area (TPSA) is 364 Å². The molecule has 29 nitrogen and oxygen atoms in total. The van der Waals surface area contributed by atoms with E-state index in [1.165, 1.54) is 35.8 Å². The SMILES string of the molecule is CO[C@H]1C[C@@H]2CC[C@@H](C)[C@@](O)(O2)C(=O)C(=O)N2CCCC[C@H]2C(=O)O[C@H]([C@H](C)C[C@@H]2CC[C@@H](OC(=O)CCC(=O)NCCSSCCNC(=O)OCCOCCOCCOCCOCCOCC(=O)NCCC(=O)N3Cc4ccccc4C#Cc4ccccc43)[C@H](OC)C2)CC(=O)[C@H](C)/C=C(\C)[C@@H](O)[C@@H](OC)C(=O)[C@H](C)C[C@H](C)/C=C/C=CC=C1C. The molecule has 7 rings (SSSR count). The molecule has 0 radical (unpaired) electrons. The number of anilines is 1. The molecule has 0 aromatic heterocycles. The second-order valence-electron chi connectivity index (χ2n) is 31.6. The molecular formula is C90H129N5O24S2. The van der Waals surface area contributed by atoms with Gasteiger partial charge >= 0.3 is 18.0 Å². The number of amides is 5. The van der Waals surface area contributed by atoms with Gasteiger partial charge in [0.15, 0.2) is 5.78 Å². The number of cyclic esters (lactones) is 1. The molecule has 2 aromatic rings. The predicted octanol–water partition coefficient (Wildman–Crippen LogP) is 9.27. The molecule has 5 amide bonds. The highest BCUT2D eigenvalue weighted by atomic mass is 33.1. The normalized spacial score (nSPS) is 26.5. The van der Waals surface area contributed by atoms with E-state index in [9.17, 15) is 58.2 Å². The van der Waals surface area contributed by atoms with E-state index in [-0.39, 0.29) is 126 Å². The lowest BCUT2D eigenvalue weighted by atomic mass is 9.78. The molecule has 0 spiro atoms. The van der Waals surface area contributed by atoms with E-state index in [0.717, 1.165) is 32.9 Å². The number of para-hydroxylation sites is 1. The summed E-state index contributed by atoms with van der Waals surface area (Å²) in [5.41, 5.74) is 4.52. The van der Waals surface area contributed by atoms with Crippen molar-refractivity contribution in [2.75, 3.05) is 137 Å². The third-order valence-corrected chi connectivity index (χ3v) is 24.8. The van der Waals surface area contributed by atoms with Crippen LogP contribution in [0.3, 0.4) is 0 Å². The number of methoxy groups -OCH3 is 3. The Kier molecular flexibility index (Phi) is 44.9. The number of ketones is 3. The molecule has 121 heavy (non-hydrogen) atoms. The fourth-order valence-electron chi connectivity index (χ4n) is 15.3. The van der Waals surface area contributed by atoms with Gasteiger partial charge in [0.1, 0.15) is 49.5 Å². The summed E-state index contributed by atoms with van der Waals surface area (Å²) < 4.78 is 68.6. The number of hydrogen-bond donors (Lipinski definition) is 5. The number of hydrogen-bond acceptors (Lipinski definition) is 26. The lowest BCUT2D eigenvalue weighted by molar-refractivity contribution is -0.265. The molecule has 2 aromatic carbocycles. The number of fused-ring (bicyclic) bond motifs is 5. The molecule has 3 fully saturated rings. The highest BCUT2D eigenvalue weighted by molar-refractivity contribution is 8.76. The Morgan fingerprint density at radius 3 is 2.02 bits per heavy atom. The number of nitrogens with one attached hydrogen (secondary N) is 3. The van der Waals surface area contributed by atoms with Crippen LogP contribution < -0.4 is 20.9 Å². The molecule has 1 saturated carbocycles. The van der Waals surface area contributed by atoms with Gasteiger partial charge in [-0.15, -0.1) is 0 Å². The van der Waals surface area contributed by atoms with Crippen LogP contribution in [-0.4, -0.2) is 260 Å². The largest absolute Gasteiger partial charge is 0.460 e. The van der Waals surface area contributed by atoms with Gasteiger partial charge in [0, 0.05) is 114 Å². The maximum atomic E-state index is 14.8. The second-order valence-corrected chi connectivity index (χ2v) is 34.3. The first-order valence-corrected chi connectivity index (χ1v) is 45.0. The van der Waals surface area contributed by atoms with E-state index < -0.39 is 108 Å². The van der Waals surface area contributed by atoms with Crippen molar-refractivity contribution in [3.05, 3.63) is 113 Å². The van der Waals surface area contributed by atoms with Crippen LogP contribution in [0.15, 0.2) is 96.1 Å². The van der Waals surface area contributed by atoms with Crippen LogP contribution in [-0.2, 0) is 107 Å². The summed E-state index contributed by atoms with van der Waals surface area (Å²) in [5, 5.41) is 32.0. The number of benzene rings is 2. The fourth-order valence-corrected chi connectivity index (χ4v) is 17.1. The molecule has 15 atom stereocenters. The first kappa shape index (κ1) is 100. The van der Waals surface area contributed by atoms with E-state index in [4.69, 9.17) is 56.8 Å². The number of ether oxygens (including phenoxy) is 12. The Bertz CT molecular complexity index is 3860. The van der Waals surface area contributed by atoms with Crippen molar-refractivity contribution in [1.29, 1.82) is 0 Å². The van der Waals surface area contributed by atoms with Gasteiger partial charge in [0.2, 0.25) is 23.5 Å². The second kappa shape index (κ2) is 54.2. The van der Waals surface area contributed by atoms with Gasteiger partial charge < -0.3 is 92.8 Å². The quantitative estimate of drug-likeness (QED) is 0.00799. The van der Waals surface area contributed by atoms with Crippen molar-refractivity contribution >= 4 is 86.3 Å². The minimum Gasteiger partial charge on any atom is -0.460 e. The summed E-state index contributed by atoms with van der Waals surface area (Å²) in [7, 11) is 7.47. The molecule has 2 bridgehead atoms. The van der Waals surface area contributed by atoms with Gasteiger partial charge in [-0.2, -0.15) is 0 Å². The Balaban J connectivity index is 0.740. The van der Waals surface area contributed by atoms with Crippen LogP contribution in [0.4, 0.5) is 10.5 Å². The molecule has 4 heterocycles. The molecule has 5 aliphatic rings. The minimum absolute atomic E-state index is 0.0269. The first-order valence-electron chi connectivity index (χ1n) is 42.5. The molecular weight excluding hydrogens is 1600 g/mol. The number of esters is 2. The summed E-state index contributed by atoms with van der Waals surface area (Å²) >= 11 is 0. The Morgan fingerprint density at radius 1 is 0.669 bits per heavy atom. The van der Waals surface area contributed by atoms with Crippen LogP contribution >= 0.6 is 21.6 Å². The summed E-state index contributed by atoms with van der Waals surface area (Å²) in [6.45, 7) is 16.3. The smallest absolute Gasteiger partial charge is 0.407 e. The van der Waals surface area contributed by atoms with Crippen LogP contribution in [0.5, 0.6) is 0 Å². The van der Waals surface area contributed by atoms with Crippen LogP contribution in [0.25, 0.3) is 0 Å². The minimum atomic E-state index is -2.49. The van der Waals surface area contributed by atoms with Gasteiger partial charge in [-0.3, -0.25) is 38.4 Å². The number of aliphatic hydroxyl groups is 2. The van der Waals surface area contributed by atoms with Crippen molar-refractivity contribution in [1.82, 2.24) is 20.9 Å². The van der Waals surface area contributed by atoms with Gasteiger partial charge in [-0.05, 0) is 131 Å². The summed E-state index contributed by atoms with van der Waals surface area (Å²) in [5.74, 6) is -2.62. The van der Waals surface area contributed by atoms with Gasteiger partial charge in [0.05, 0.1) is 96.4 Å². The van der Waals surface area contributed by atoms with E-state index in [2.05, 4.69) is 27.8 Å². The fraction of sp³-hybridized carbons (Fsp3) is 0.644. The number of alkyl carbamates (subject to hydrolysis) is 1. The number of nitrogens with zero attached hydrogens (tertiary/aromatic N) is 2. The molecule has 1 aliphatic carbocycles. The average molecular weight is 1730 g/mol. The monoisotopic (exact) mass is 1730 g/mol. The highest BCUT2D eigenvalue weighted by Crippen LogP contribution is 2.39. The molecule has 0 unspecified atom stereocenters. The van der Waals surface area contributed by atoms with Gasteiger partial charge in [0.25, 0.3) is 11.7 Å². The van der Waals surface area contributed by atoms with E-state index in [1.54, 1.807) is 45.8 Å². The van der Waals surface area contributed by atoms with Crippen LogP contribution in [0, 0.1) is 47.3 Å². The van der Waals surface area contributed by atoms with E-state index in [0.29, 0.717) is 134 Å². The highest BCUT2D eigenvalue weighted by Gasteiger charge is 2.53. The lowest BCUT2D eigenvalue weighted by Crippen LogP contribution is -2.61. The van der Waals surface area contributed by atoms with E-state index >= 15 is 0 Å². The zero-order chi connectivity index (χ0) is 87.6. The number of Topliss-reactive ketones (excluding diaryl/α,β-unsaturated/α-hetero) is 3. The zero-order valence-electron chi connectivity index (χ0n) is 72.1. The predicted molar refractivity (Wildman–Crippen MR) is 457 cm³/mol. The average Bonchev–Trinajstić information content (AvgIpc) is 0.773. The summed E-state index contributed by atoms with van der Waals surface area (Å²) in [4.78, 5) is 139. The maximum absolute atomic E-state index is 14.8. The van der Waals surface area contributed by atoms with Crippen molar-refractivity contribution in [2.45, 2.75) is 206 Å². The molecule has 31 heteroatoms. The molecule has 5 N–H and O–H groups in total. The first-order chi connectivity index (χ1) is 58.2. The van der Waals surface area contributed by atoms with Gasteiger partial charge in [-0.25, -0.2) is 9.59 Å². The van der Waals surface area contributed by atoms with Gasteiger partial charge in [-0.1, -0.05) is 135 Å². The van der Waals surface area contributed by atoms with E-state index in [1.807, 2.05) is 99.7 Å².